The van der Waals surface area contributed by atoms with Crippen LogP contribution in [-0.2, 0) is 4.74 Å². The molecule has 1 rings (SSSR count). The van der Waals surface area contributed by atoms with E-state index in [0.29, 0.717) is 6.04 Å². The van der Waals surface area contributed by atoms with Crippen LogP contribution in [0.3, 0.4) is 0 Å². The van der Waals surface area contributed by atoms with Gasteiger partial charge in [-0.3, -0.25) is 0 Å². The molecule has 1 aromatic rings. The van der Waals surface area contributed by atoms with Crippen molar-refractivity contribution in [3.63, 3.8) is 0 Å². The van der Waals surface area contributed by atoms with E-state index in [0.717, 1.165) is 39.3 Å². The van der Waals surface area contributed by atoms with E-state index in [2.05, 4.69) is 64.4 Å². The van der Waals surface area contributed by atoms with Gasteiger partial charge in [-0.25, -0.2) is 0 Å². The van der Waals surface area contributed by atoms with Crippen LogP contribution in [0.15, 0.2) is 28.7 Å². The third-order valence-corrected chi connectivity index (χ3v) is 4.07. The van der Waals surface area contributed by atoms with Gasteiger partial charge in [-0.05, 0) is 45.1 Å². The first kappa shape index (κ1) is 17.6. The molecular formula is C16H27BrN2O. The Morgan fingerprint density at radius 1 is 1.25 bits per heavy atom. The van der Waals surface area contributed by atoms with Crippen LogP contribution in [0.25, 0.3) is 0 Å². The summed E-state index contributed by atoms with van der Waals surface area (Å²) in [6.45, 7) is 8.83. The van der Waals surface area contributed by atoms with Crippen molar-refractivity contribution < 1.29 is 4.74 Å². The van der Waals surface area contributed by atoms with Gasteiger partial charge in [0.15, 0.2) is 0 Å². The van der Waals surface area contributed by atoms with E-state index in [1.54, 1.807) is 0 Å². The molecule has 0 spiro atoms. The molecule has 0 fully saturated rings. The molecule has 0 radical (unpaired) electrons. The van der Waals surface area contributed by atoms with Crippen LogP contribution < -0.4 is 5.32 Å². The van der Waals surface area contributed by atoms with E-state index >= 15 is 0 Å². The third kappa shape index (κ3) is 6.35. The lowest BCUT2D eigenvalue weighted by atomic mass is 10.0. The van der Waals surface area contributed by atoms with Crippen molar-refractivity contribution in [1.29, 1.82) is 0 Å². The van der Waals surface area contributed by atoms with Crippen molar-refractivity contribution >= 4 is 15.9 Å². The highest BCUT2D eigenvalue weighted by molar-refractivity contribution is 9.10. The molecule has 1 N–H and O–H groups in total. The highest BCUT2D eigenvalue weighted by Crippen LogP contribution is 2.25. The van der Waals surface area contributed by atoms with E-state index < -0.39 is 0 Å². The molecule has 0 aliphatic heterocycles. The van der Waals surface area contributed by atoms with E-state index in [9.17, 15) is 0 Å². The lowest BCUT2D eigenvalue weighted by molar-refractivity contribution is 0.121. The number of likely N-dealkylation sites (N-methyl/N-ethyl adjacent to an activating group) is 1. The summed E-state index contributed by atoms with van der Waals surface area (Å²) < 4.78 is 6.58. The zero-order valence-corrected chi connectivity index (χ0v) is 14.4. The Morgan fingerprint density at radius 3 is 2.65 bits per heavy atom. The maximum atomic E-state index is 5.40. The van der Waals surface area contributed by atoms with Gasteiger partial charge in [0.05, 0.1) is 6.61 Å². The summed E-state index contributed by atoms with van der Waals surface area (Å²) in [4.78, 5) is 2.33. The number of hydrogen-bond acceptors (Lipinski definition) is 3. The maximum Gasteiger partial charge on any atom is 0.0593 e. The summed E-state index contributed by atoms with van der Waals surface area (Å²) in [5, 5.41) is 3.57. The van der Waals surface area contributed by atoms with E-state index in [4.69, 9.17) is 4.74 Å². The Kier molecular flexibility index (Phi) is 9.10. The van der Waals surface area contributed by atoms with Crippen molar-refractivity contribution in [2.24, 2.45) is 0 Å². The van der Waals surface area contributed by atoms with Crippen molar-refractivity contribution in [2.45, 2.75) is 26.3 Å². The number of hydrogen-bond donors (Lipinski definition) is 1. The molecule has 0 saturated heterocycles. The molecule has 0 aliphatic rings. The standard InChI is InChI=1S/C16H27BrN2O/c1-4-18-16(14-8-6-7-9-15(14)17)10-11-19(3)12-13-20-5-2/h6-9,16,18H,4-5,10-13H2,1-3H3. The molecule has 1 atom stereocenters. The highest BCUT2D eigenvalue weighted by Gasteiger charge is 2.13. The second-order valence-electron chi connectivity index (χ2n) is 4.92. The van der Waals surface area contributed by atoms with Crippen LogP contribution in [0.1, 0.15) is 31.9 Å². The van der Waals surface area contributed by atoms with Gasteiger partial charge >= 0.3 is 0 Å². The monoisotopic (exact) mass is 342 g/mol. The largest absolute Gasteiger partial charge is 0.380 e. The Morgan fingerprint density at radius 2 is 2.00 bits per heavy atom. The molecule has 0 aromatic heterocycles. The Hall–Kier alpha value is -0.420. The molecule has 1 unspecified atom stereocenters. The van der Waals surface area contributed by atoms with Gasteiger partial charge in [-0.15, -0.1) is 0 Å². The summed E-state index contributed by atoms with van der Waals surface area (Å²) >= 11 is 3.65. The number of ether oxygens (including phenoxy) is 1. The average Bonchev–Trinajstić information content (AvgIpc) is 2.44. The number of rotatable bonds is 10. The van der Waals surface area contributed by atoms with Gasteiger partial charge in [0, 0.05) is 23.7 Å². The molecule has 0 heterocycles. The molecule has 4 heteroatoms. The molecule has 1 aromatic carbocycles. The van der Waals surface area contributed by atoms with Crippen molar-refractivity contribution in [3.8, 4) is 0 Å². The van der Waals surface area contributed by atoms with Crippen molar-refractivity contribution in [1.82, 2.24) is 10.2 Å². The number of nitrogens with zero attached hydrogens (tertiary/aromatic N) is 1. The minimum atomic E-state index is 0.394. The fourth-order valence-corrected chi connectivity index (χ4v) is 2.76. The molecule has 3 nitrogen and oxygen atoms in total. The fraction of sp³-hybridized carbons (Fsp3) is 0.625. The first-order valence-electron chi connectivity index (χ1n) is 7.43. The Bertz CT molecular complexity index is 373. The van der Waals surface area contributed by atoms with Crippen LogP contribution in [0.4, 0.5) is 0 Å². The van der Waals surface area contributed by atoms with Crippen LogP contribution in [0, 0.1) is 0 Å². The second-order valence-corrected chi connectivity index (χ2v) is 5.77. The van der Waals surface area contributed by atoms with Gasteiger partial charge in [0.2, 0.25) is 0 Å². The van der Waals surface area contributed by atoms with Crippen molar-refractivity contribution in [3.05, 3.63) is 34.3 Å². The number of nitrogens with one attached hydrogen (secondary N) is 1. The minimum absolute atomic E-state index is 0.394. The van der Waals surface area contributed by atoms with Gasteiger partial charge in [-0.2, -0.15) is 0 Å². The molecule has 0 aliphatic carbocycles. The smallest absolute Gasteiger partial charge is 0.0593 e. The van der Waals surface area contributed by atoms with E-state index in [1.165, 1.54) is 10.0 Å². The van der Waals surface area contributed by atoms with E-state index in [1.807, 2.05) is 6.92 Å². The zero-order chi connectivity index (χ0) is 14.8. The topological polar surface area (TPSA) is 24.5 Å². The molecular weight excluding hydrogens is 316 g/mol. The lowest BCUT2D eigenvalue weighted by Crippen LogP contribution is -2.29. The van der Waals surface area contributed by atoms with Crippen molar-refractivity contribution in [2.75, 3.05) is 39.9 Å². The second kappa shape index (κ2) is 10.3. The summed E-state index contributed by atoms with van der Waals surface area (Å²) in [6.07, 6.45) is 1.10. The third-order valence-electron chi connectivity index (χ3n) is 3.35. The molecule has 0 amide bonds. The first-order valence-corrected chi connectivity index (χ1v) is 8.22. The first-order chi connectivity index (χ1) is 9.69. The van der Waals surface area contributed by atoms with E-state index in [-0.39, 0.29) is 0 Å². The van der Waals surface area contributed by atoms with Gasteiger partial charge < -0.3 is 15.0 Å². The molecule has 114 valence electrons. The quantitative estimate of drug-likeness (QED) is 0.659. The SMILES string of the molecule is CCNC(CCN(C)CCOCC)c1ccccc1Br. The average molecular weight is 343 g/mol. The van der Waals surface area contributed by atoms with Gasteiger partial charge in [0.25, 0.3) is 0 Å². The lowest BCUT2D eigenvalue weighted by Gasteiger charge is -2.23. The summed E-state index contributed by atoms with van der Waals surface area (Å²) in [5.74, 6) is 0. The number of benzene rings is 1. The highest BCUT2D eigenvalue weighted by atomic mass is 79.9. The van der Waals surface area contributed by atoms with Gasteiger partial charge in [-0.1, -0.05) is 41.1 Å². The Balaban J connectivity index is 2.49. The Labute approximate surface area is 131 Å². The van der Waals surface area contributed by atoms with Crippen LogP contribution >= 0.6 is 15.9 Å². The summed E-state index contributed by atoms with van der Waals surface area (Å²) in [7, 11) is 2.15. The van der Waals surface area contributed by atoms with Crippen LogP contribution in [0.5, 0.6) is 0 Å². The van der Waals surface area contributed by atoms with Crippen LogP contribution in [0.2, 0.25) is 0 Å². The molecule has 20 heavy (non-hydrogen) atoms. The normalized spacial score (nSPS) is 12.8. The van der Waals surface area contributed by atoms with Gasteiger partial charge in [0.1, 0.15) is 0 Å². The fourth-order valence-electron chi connectivity index (χ4n) is 2.20. The molecule has 0 bridgehead atoms. The predicted octanol–water partition coefficient (Wildman–Crippen LogP) is 3.46. The van der Waals surface area contributed by atoms with Crippen LogP contribution in [-0.4, -0.2) is 44.8 Å². The zero-order valence-electron chi connectivity index (χ0n) is 12.9. The molecule has 0 saturated carbocycles. The summed E-state index contributed by atoms with van der Waals surface area (Å²) in [6, 6.07) is 8.86. The maximum absolute atomic E-state index is 5.40. The minimum Gasteiger partial charge on any atom is -0.380 e. The number of halogens is 1. The summed E-state index contributed by atoms with van der Waals surface area (Å²) in [5.41, 5.74) is 1.34. The predicted molar refractivity (Wildman–Crippen MR) is 89.2 cm³/mol.